The number of anilines is 1. The molecule has 4 nitrogen and oxygen atoms in total. The van der Waals surface area contributed by atoms with Crippen molar-refractivity contribution in [3.8, 4) is 0 Å². The molecule has 0 radical (unpaired) electrons. The fraction of sp³-hybridized carbons (Fsp3) is 0.538. The van der Waals surface area contributed by atoms with Crippen molar-refractivity contribution in [2.45, 2.75) is 27.2 Å². The van der Waals surface area contributed by atoms with Crippen LogP contribution in [0.15, 0.2) is 18.6 Å². The predicted molar refractivity (Wildman–Crippen MR) is 71.1 cm³/mol. The summed E-state index contributed by atoms with van der Waals surface area (Å²) >= 11 is 0. The van der Waals surface area contributed by atoms with Crippen LogP contribution in [0.5, 0.6) is 0 Å². The van der Waals surface area contributed by atoms with E-state index in [9.17, 15) is 0 Å². The lowest BCUT2D eigenvalue weighted by Crippen LogP contribution is -2.22. The highest BCUT2D eigenvalue weighted by molar-refractivity contribution is 5.85. The minimum Gasteiger partial charge on any atom is -0.368 e. The normalized spacial score (nSPS) is 12.0. The molecule has 2 aromatic rings. The summed E-state index contributed by atoms with van der Waals surface area (Å²) in [5, 5.41) is 3.41. The van der Waals surface area contributed by atoms with Gasteiger partial charge in [0.15, 0.2) is 5.82 Å². The van der Waals surface area contributed by atoms with E-state index < -0.39 is 0 Å². The van der Waals surface area contributed by atoms with Crippen molar-refractivity contribution in [2.75, 3.05) is 11.9 Å². The van der Waals surface area contributed by atoms with Gasteiger partial charge >= 0.3 is 0 Å². The summed E-state index contributed by atoms with van der Waals surface area (Å²) in [5.74, 6) is 0.879. The highest BCUT2D eigenvalue weighted by Crippen LogP contribution is 2.23. The Kier molecular flexibility index (Phi) is 3.05. The number of rotatable bonds is 4. The maximum atomic E-state index is 4.38. The topological polar surface area (TPSA) is 42.7 Å². The van der Waals surface area contributed by atoms with Gasteiger partial charge in [0.1, 0.15) is 5.52 Å². The van der Waals surface area contributed by atoms with E-state index >= 15 is 0 Å². The van der Waals surface area contributed by atoms with Crippen LogP contribution in [0.4, 0.5) is 5.82 Å². The summed E-state index contributed by atoms with van der Waals surface area (Å²) in [5.41, 5.74) is 2.33. The van der Waals surface area contributed by atoms with Crippen LogP contribution < -0.4 is 5.32 Å². The molecule has 0 atom stereocenters. The van der Waals surface area contributed by atoms with E-state index in [-0.39, 0.29) is 5.41 Å². The van der Waals surface area contributed by atoms with Gasteiger partial charge < -0.3 is 9.88 Å². The second-order valence-electron chi connectivity index (χ2n) is 5.25. The van der Waals surface area contributed by atoms with Gasteiger partial charge in [-0.1, -0.05) is 20.8 Å². The predicted octanol–water partition coefficient (Wildman–Crippen LogP) is 2.82. The maximum absolute atomic E-state index is 4.38. The number of nitrogens with one attached hydrogen (secondary N) is 1. The van der Waals surface area contributed by atoms with Gasteiger partial charge in [-0.2, -0.15) is 0 Å². The highest BCUT2D eigenvalue weighted by Gasteiger charge is 2.16. The van der Waals surface area contributed by atoms with Crippen LogP contribution in [0.25, 0.3) is 11.0 Å². The van der Waals surface area contributed by atoms with Crippen molar-refractivity contribution in [1.82, 2.24) is 14.5 Å². The second-order valence-corrected chi connectivity index (χ2v) is 5.25. The van der Waals surface area contributed by atoms with Crippen LogP contribution in [0.1, 0.15) is 27.2 Å². The van der Waals surface area contributed by atoms with Crippen LogP contribution >= 0.6 is 0 Å². The molecular formula is C13H20N4. The zero-order chi connectivity index (χ0) is 12.5. The van der Waals surface area contributed by atoms with Crippen molar-refractivity contribution in [2.24, 2.45) is 12.5 Å². The number of hydrogen-bond donors (Lipinski definition) is 1. The van der Waals surface area contributed by atoms with Crippen LogP contribution in [0.3, 0.4) is 0 Å². The zero-order valence-electron chi connectivity index (χ0n) is 11.0. The molecule has 0 aliphatic rings. The van der Waals surface area contributed by atoms with Crippen molar-refractivity contribution >= 4 is 16.9 Å². The summed E-state index contributed by atoms with van der Waals surface area (Å²) < 4.78 is 2.01. The van der Waals surface area contributed by atoms with Gasteiger partial charge in [-0.15, -0.1) is 0 Å². The van der Waals surface area contributed by atoms with E-state index in [0.717, 1.165) is 29.8 Å². The lowest BCUT2D eigenvalue weighted by atomic mass is 9.90. The second kappa shape index (κ2) is 4.35. The summed E-state index contributed by atoms with van der Waals surface area (Å²) in [6.07, 6.45) is 4.78. The molecule has 2 aromatic heterocycles. The number of aromatic nitrogens is 3. The number of imidazole rings is 1. The van der Waals surface area contributed by atoms with Gasteiger partial charge in [0.05, 0.1) is 11.8 Å². The standard InChI is InChI=1S/C13H20N4/c1-5-13(2,3)8-15-12-11-10(6-7-14-12)17(4)9-16-11/h6-7,9H,5,8H2,1-4H3,(H,14,15). The van der Waals surface area contributed by atoms with Crippen LogP contribution in [-0.2, 0) is 7.05 Å². The molecule has 1 N–H and O–H groups in total. The molecule has 0 saturated heterocycles. The minimum absolute atomic E-state index is 0.276. The number of pyridine rings is 1. The average molecular weight is 232 g/mol. The number of aryl methyl sites for hydroxylation is 1. The maximum Gasteiger partial charge on any atom is 0.154 e. The van der Waals surface area contributed by atoms with E-state index in [2.05, 4.69) is 36.1 Å². The van der Waals surface area contributed by atoms with E-state index in [1.807, 2.05) is 30.2 Å². The first-order valence-corrected chi connectivity index (χ1v) is 6.03. The monoisotopic (exact) mass is 232 g/mol. The molecule has 2 rings (SSSR count). The van der Waals surface area contributed by atoms with Crippen molar-refractivity contribution < 1.29 is 0 Å². The van der Waals surface area contributed by atoms with Gasteiger partial charge in [0.2, 0.25) is 0 Å². The third kappa shape index (κ3) is 2.40. The van der Waals surface area contributed by atoms with Gasteiger partial charge in [-0.3, -0.25) is 0 Å². The SMILES string of the molecule is CCC(C)(C)CNc1nccc2c1ncn2C. The molecule has 0 aromatic carbocycles. The number of fused-ring (bicyclic) bond motifs is 1. The molecule has 0 amide bonds. The van der Waals surface area contributed by atoms with Crippen molar-refractivity contribution in [3.05, 3.63) is 18.6 Å². The molecule has 0 aliphatic heterocycles. The first-order chi connectivity index (χ1) is 8.03. The lowest BCUT2D eigenvalue weighted by Gasteiger charge is -2.23. The Bertz CT molecular complexity index is 513. The first-order valence-electron chi connectivity index (χ1n) is 6.03. The quantitative estimate of drug-likeness (QED) is 0.881. The van der Waals surface area contributed by atoms with Crippen LogP contribution in [-0.4, -0.2) is 21.1 Å². The number of hydrogen-bond acceptors (Lipinski definition) is 3. The third-order valence-electron chi connectivity index (χ3n) is 3.33. The van der Waals surface area contributed by atoms with Crippen molar-refractivity contribution in [3.63, 3.8) is 0 Å². The van der Waals surface area contributed by atoms with E-state index in [4.69, 9.17) is 0 Å². The van der Waals surface area contributed by atoms with E-state index in [1.54, 1.807) is 0 Å². The Morgan fingerprint density at radius 1 is 1.35 bits per heavy atom. The third-order valence-corrected chi connectivity index (χ3v) is 3.33. The molecule has 0 bridgehead atoms. The lowest BCUT2D eigenvalue weighted by molar-refractivity contribution is 0.376. The Balaban J connectivity index is 2.25. The molecule has 0 spiro atoms. The Morgan fingerprint density at radius 3 is 2.82 bits per heavy atom. The summed E-state index contributed by atoms with van der Waals surface area (Å²) in [6, 6.07) is 1.98. The molecular weight excluding hydrogens is 212 g/mol. The van der Waals surface area contributed by atoms with Crippen LogP contribution in [0, 0.1) is 5.41 Å². The first kappa shape index (κ1) is 11.9. The molecule has 2 heterocycles. The smallest absolute Gasteiger partial charge is 0.154 e. The molecule has 0 fully saturated rings. The summed E-state index contributed by atoms with van der Waals surface area (Å²) in [4.78, 5) is 8.75. The molecule has 0 saturated carbocycles. The molecule has 0 unspecified atom stereocenters. The molecule has 17 heavy (non-hydrogen) atoms. The van der Waals surface area contributed by atoms with E-state index in [1.165, 1.54) is 0 Å². The van der Waals surface area contributed by atoms with Gasteiger partial charge in [-0.25, -0.2) is 9.97 Å². The van der Waals surface area contributed by atoms with Gasteiger partial charge in [0, 0.05) is 19.8 Å². The minimum atomic E-state index is 0.276. The fourth-order valence-electron chi connectivity index (χ4n) is 1.64. The van der Waals surface area contributed by atoms with Crippen LogP contribution in [0.2, 0.25) is 0 Å². The van der Waals surface area contributed by atoms with E-state index in [0.29, 0.717) is 0 Å². The summed E-state index contributed by atoms with van der Waals surface area (Å²) in [7, 11) is 2.00. The van der Waals surface area contributed by atoms with Gasteiger partial charge in [-0.05, 0) is 17.9 Å². The Labute approximate surface area is 102 Å². The summed E-state index contributed by atoms with van der Waals surface area (Å²) in [6.45, 7) is 7.61. The molecule has 4 heteroatoms. The zero-order valence-corrected chi connectivity index (χ0v) is 11.0. The molecule has 0 aliphatic carbocycles. The largest absolute Gasteiger partial charge is 0.368 e. The average Bonchev–Trinajstić information content (AvgIpc) is 2.70. The van der Waals surface area contributed by atoms with Gasteiger partial charge in [0.25, 0.3) is 0 Å². The Morgan fingerprint density at radius 2 is 2.12 bits per heavy atom. The number of nitrogens with zero attached hydrogens (tertiary/aromatic N) is 3. The Hall–Kier alpha value is -1.58. The highest BCUT2D eigenvalue weighted by atomic mass is 15.1. The molecule has 92 valence electrons. The fourth-order valence-corrected chi connectivity index (χ4v) is 1.64. The van der Waals surface area contributed by atoms with Crippen molar-refractivity contribution in [1.29, 1.82) is 0 Å².